The monoisotopic (exact) mass is 382 g/mol. The van der Waals surface area contributed by atoms with E-state index in [-0.39, 0.29) is 5.91 Å². The van der Waals surface area contributed by atoms with Gasteiger partial charge in [0.15, 0.2) is 0 Å². The van der Waals surface area contributed by atoms with Crippen molar-refractivity contribution < 1.29 is 4.79 Å². The number of hydrogen-bond acceptors (Lipinski definition) is 3. The van der Waals surface area contributed by atoms with Crippen molar-refractivity contribution in [2.24, 2.45) is 0 Å². The van der Waals surface area contributed by atoms with Gasteiger partial charge in [-0.05, 0) is 29.6 Å². The summed E-state index contributed by atoms with van der Waals surface area (Å²) in [6, 6.07) is 10.4. The van der Waals surface area contributed by atoms with E-state index >= 15 is 0 Å². The van der Waals surface area contributed by atoms with Gasteiger partial charge in [0.25, 0.3) is 5.91 Å². The molecule has 0 bridgehead atoms. The summed E-state index contributed by atoms with van der Waals surface area (Å²) >= 11 is 25.0. The normalized spacial score (nSPS) is 12.8. The molecule has 0 saturated carbocycles. The average Bonchev–Trinajstić information content (AvgIpc) is 2.90. The number of rotatable bonds is 4. The number of thiophene rings is 1. The summed E-state index contributed by atoms with van der Waals surface area (Å²) in [7, 11) is 0. The molecule has 0 aliphatic carbocycles. The first-order valence-corrected chi connectivity index (χ1v) is 8.18. The molecule has 1 atom stereocenters. The highest BCUT2D eigenvalue weighted by Crippen LogP contribution is 2.31. The third kappa shape index (κ3) is 4.94. The second-order valence-corrected chi connectivity index (χ2v) is 7.83. The molecular formula is C13H10Cl4N2OS. The molecule has 1 heterocycles. The maximum absolute atomic E-state index is 12.1. The van der Waals surface area contributed by atoms with Crippen molar-refractivity contribution in [3.05, 3.63) is 51.7 Å². The molecule has 2 aromatic rings. The van der Waals surface area contributed by atoms with Crippen LogP contribution in [0.3, 0.4) is 0 Å². The number of benzene rings is 1. The Labute approximate surface area is 146 Å². The van der Waals surface area contributed by atoms with Crippen LogP contribution >= 0.6 is 57.7 Å². The standard InChI is InChI=1S/C13H10Cl4N2OS/c14-8-3-1-4-9(7-8)18-12(13(15,16)17)19-11(20)10-5-2-6-21-10/h1-7,12,18H,(H,19,20)/t12-/m1/s1. The van der Waals surface area contributed by atoms with Crippen LogP contribution in [0.25, 0.3) is 0 Å². The zero-order chi connectivity index (χ0) is 15.5. The van der Waals surface area contributed by atoms with E-state index in [0.29, 0.717) is 15.6 Å². The van der Waals surface area contributed by atoms with Crippen molar-refractivity contribution >= 4 is 69.3 Å². The van der Waals surface area contributed by atoms with E-state index in [1.807, 2.05) is 0 Å². The predicted molar refractivity (Wildman–Crippen MR) is 90.9 cm³/mol. The number of alkyl halides is 3. The second kappa shape index (κ2) is 7.07. The minimum atomic E-state index is -1.73. The maximum Gasteiger partial charge on any atom is 0.263 e. The lowest BCUT2D eigenvalue weighted by atomic mass is 10.3. The smallest absolute Gasteiger partial charge is 0.263 e. The summed E-state index contributed by atoms with van der Waals surface area (Å²) < 4.78 is -1.73. The van der Waals surface area contributed by atoms with E-state index in [1.165, 1.54) is 11.3 Å². The number of anilines is 1. The van der Waals surface area contributed by atoms with Gasteiger partial charge in [-0.2, -0.15) is 0 Å². The van der Waals surface area contributed by atoms with Gasteiger partial charge in [0, 0.05) is 10.7 Å². The zero-order valence-electron chi connectivity index (χ0n) is 10.4. The van der Waals surface area contributed by atoms with Crippen LogP contribution < -0.4 is 10.6 Å². The quantitative estimate of drug-likeness (QED) is 0.579. The van der Waals surface area contributed by atoms with Crippen molar-refractivity contribution in [3.63, 3.8) is 0 Å². The molecule has 0 aliphatic heterocycles. The van der Waals surface area contributed by atoms with Crippen LogP contribution in [0.4, 0.5) is 5.69 Å². The highest BCUT2D eigenvalue weighted by molar-refractivity contribution is 7.12. The lowest BCUT2D eigenvalue weighted by Crippen LogP contribution is -2.48. The van der Waals surface area contributed by atoms with Crippen LogP contribution in [0.5, 0.6) is 0 Å². The fourth-order valence-electron chi connectivity index (χ4n) is 1.55. The van der Waals surface area contributed by atoms with Crippen molar-refractivity contribution in [1.82, 2.24) is 5.32 Å². The molecule has 0 radical (unpaired) electrons. The minimum Gasteiger partial charge on any atom is -0.362 e. The van der Waals surface area contributed by atoms with Gasteiger partial charge in [0.1, 0.15) is 6.17 Å². The number of nitrogens with one attached hydrogen (secondary N) is 2. The average molecular weight is 384 g/mol. The molecule has 3 nitrogen and oxygen atoms in total. The van der Waals surface area contributed by atoms with Crippen molar-refractivity contribution in [3.8, 4) is 0 Å². The first kappa shape index (κ1) is 16.7. The van der Waals surface area contributed by atoms with Crippen LogP contribution in [0.15, 0.2) is 41.8 Å². The molecular weight excluding hydrogens is 374 g/mol. The van der Waals surface area contributed by atoms with Gasteiger partial charge in [-0.1, -0.05) is 58.5 Å². The zero-order valence-corrected chi connectivity index (χ0v) is 14.3. The van der Waals surface area contributed by atoms with Crippen molar-refractivity contribution in [2.75, 3.05) is 5.32 Å². The molecule has 1 amide bonds. The summed E-state index contributed by atoms with van der Waals surface area (Å²) in [5, 5.41) is 7.92. The van der Waals surface area contributed by atoms with Gasteiger partial charge < -0.3 is 10.6 Å². The van der Waals surface area contributed by atoms with Gasteiger partial charge in [-0.3, -0.25) is 4.79 Å². The number of halogens is 4. The first-order chi connectivity index (χ1) is 9.86. The van der Waals surface area contributed by atoms with Crippen LogP contribution in [-0.4, -0.2) is 15.9 Å². The van der Waals surface area contributed by atoms with Crippen LogP contribution in [0, 0.1) is 0 Å². The van der Waals surface area contributed by atoms with Gasteiger partial charge in [-0.15, -0.1) is 11.3 Å². The number of amides is 1. The molecule has 0 unspecified atom stereocenters. The van der Waals surface area contributed by atoms with Gasteiger partial charge in [-0.25, -0.2) is 0 Å². The Balaban J connectivity index is 2.14. The molecule has 2 N–H and O–H groups in total. The minimum absolute atomic E-state index is 0.323. The van der Waals surface area contributed by atoms with Gasteiger partial charge in [0.05, 0.1) is 4.88 Å². The van der Waals surface area contributed by atoms with Crippen molar-refractivity contribution in [2.45, 2.75) is 9.96 Å². The number of carbonyl (C=O) groups excluding carboxylic acids is 1. The Morgan fingerprint density at radius 3 is 2.52 bits per heavy atom. The van der Waals surface area contributed by atoms with Crippen LogP contribution in [0.2, 0.25) is 5.02 Å². The summed E-state index contributed by atoms with van der Waals surface area (Å²) in [5.74, 6) is -0.323. The van der Waals surface area contributed by atoms with Crippen LogP contribution in [0.1, 0.15) is 9.67 Å². The van der Waals surface area contributed by atoms with E-state index in [0.717, 1.165) is 0 Å². The fraction of sp³-hybridized carbons (Fsp3) is 0.154. The summed E-state index contributed by atoms with van der Waals surface area (Å²) in [5.41, 5.74) is 0.630. The molecule has 21 heavy (non-hydrogen) atoms. The molecule has 0 spiro atoms. The van der Waals surface area contributed by atoms with E-state index < -0.39 is 9.96 Å². The fourth-order valence-corrected chi connectivity index (χ4v) is 2.70. The molecule has 1 aromatic carbocycles. The van der Waals surface area contributed by atoms with Crippen LogP contribution in [-0.2, 0) is 0 Å². The van der Waals surface area contributed by atoms with E-state index in [1.54, 1.807) is 41.8 Å². The maximum atomic E-state index is 12.1. The lowest BCUT2D eigenvalue weighted by Gasteiger charge is -2.27. The Morgan fingerprint density at radius 2 is 1.95 bits per heavy atom. The highest BCUT2D eigenvalue weighted by atomic mass is 35.6. The molecule has 112 valence electrons. The molecule has 8 heteroatoms. The predicted octanol–water partition coefficient (Wildman–Crippen LogP) is 4.94. The third-order valence-electron chi connectivity index (χ3n) is 2.48. The highest BCUT2D eigenvalue weighted by Gasteiger charge is 2.34. The number of hydrogen-bond donors (Lipinski definition) is 2. The van der Waals surface area contributed by atoms with Crippen molar-refractivity contribution in [1.29, 1.82) is 0 Å². The number of carbonyl (C=O) groups is 1. The van der Waals surface area contributed by atoms with E-state index in [2.05, 4.69) is 10.6 Å². The molecule has 0 fully saturated rings. The van der Waals surface area contributed by atoms with Gasteiger partial charge >= 0.3 is 0 Å². The van der Waals surface area contributed by atoms with E-state index in [4.69, 9.17) is 46.4 Å². The summed E-state index contributed by atoms with van der Waals surface area (Å²) in [6.45, 7) is 0. The molecule has 0 saturated heterocycles. The Kier molecular flexibility index (Phi) is 5.63. The second-order valence-electron chi connectivity index (χ2n) is 4.08. The Hall–Kier alpha value is -0.650. The van der Waals surface area contributed by atoms with E-state index in [9.17, 15) is 4.79 Å². The third-order valence-corrected chi connectivity index (χ3v) is 4.24. The topological polar surface area (TPSA) is 41.1 Å². The summed E-state index contributed by atoms with van der Waals surface area (Å²) in [6.07, 6.45) is -0.907. The first-order valence-electron chi connectivity index (χ1n) is 5.79. The SMILES string of the molecule is O=C(N[C@@H](Nc1cccc(Cl)c1)C(Cl)(Cl)Cl)c1cccs1. The Bertz CT molecular complexity index is 613. The molecule has 0 aliphatic rings. The van der Waals surface area contributed by atoms with Gasteiger partial charge in [0.2, 0.25) is 3.79 Å². The largest absolute Gasteiger partial charge is 0.362 e. The molecule has 1 aromatic heterocycles. The lowest BCUT2D eigenvalue weighted by molar-refractivity contribution is 0.0946. The molecule has 2 rings (SSSR count). The summed E-state index contributed by atoms with van der Waals surface area (Å²) in [4.78, 5) is 12.6. The Morgan fingerprint density at radius 1 is 1.19 bits per heavy atom.